The van der Waals surface area contributed by atoms with Crippen LogP contribution in [-0.2, 0) is 0 Å². The highest BCUT2D eigenvalue weighted by Gasteiger charge is 1.98. The molecule has 0 radical (unpaired) electrons. The number of unbranched alkanes of at least 4 members (excludes halogenated alkanes) is 13. The standard InChI is InChI=1S/C26H56N10/c1-3-5-7-15-19-31-23(27)35-25(29)33-21-17-13-11-9-10-12-14-18-22-34-26(30)36-24(28)32-20-16-8-6-4-2/h3-22H2,1-2H3,(H5,27,29,31,33,35)(H5,28,30,32,34,36). The van der Waals surface area contributed by atoms with Gasteiger partial charge in [-0.2, -0.15) is 0 Å². The lowest BCUT2D eigenvalue weighted by atomic mass is 10.1. The van der Waals surface area contributed by atoms with Gasteiger partial charge in [-0.15, -0.1) is 0 Å². The van der Waals surface area contributed by atoms with Crippen molar-refractivity contribution in [1.29, 1.82) is 0 Å². The molecule has 0 aromatic rings. The molecule has 0 saturated carbocycles. The van der Waals surface area contributed by atoms with Crippen LogP contribution in [0.4, 0.5) is 0 Å². The third-order valence-electron chi connectivity index (χ3n) is 5.73. The topological polar surface area (TPSA) is 178 Å². The summed E-state index contributed by atoms with van der Waals surface area (Å²) in [4.78, 5) is 17.2. The van der Waals surface area contributed by atoms with E-state index in [1.807, 2.05) is 0 Å². The van der Waals surface area contributed by atoms with Gasteiger partial charge in [-0.25, -0.2) is 0 Å². The van der Waals surface area contributed by atoms with Crippen molar-refractivity contribution in [3.8, 4) is 0 Å². The minimum absolute atomic E-state index is 0.348. The average molecular weight is 509 g/mol. The first-order chi connectivity index (χ1) is 17.5. The number of hydrogen-bond donors (Lipinski definition) is 6. The van der Waals surface area contributed by atoms with Crippen LogP contribution in [0.3, 0.4) is 0 Å². The lowest BCUT2D eigenvalue weighted by molar-refractivity contribution is 0.572. The van der Waals surface area contributed by atoms with E-state index in [2.05, 4.69) is 44.5 Å². The summed E-state index contributed by atoms with van der Waals surface area (Å²) in [6.07, 6.45) is 18.7. The van der Waals surface area contributed by atoms with Crippen LogP contribution in [-0.4, -0.2) is 50.0 Å². The van der Waals surface area contributed by atoms with E-state index in [4.69, 9.17) is 22.9 Å². The van der Waals surface area contributed by atoms with Crippen LogP contribution in [0.25, 0.3) is 0 Å². The van der Waals surface area contributed by atoms with Crippen molar-refractivity contribution >= 4 is 23.8 Å². The van der Waals surface area contributed by atoms with Crippen LogP contribution in [0, 0.1) is 0 Å². The summed E-state index contributed by atoms with van der Waals surface area (Å²) in [5.41, 5.74) is 23.4. The van der Waals surface area contributed by atoms with Crippen molar-refractivity contribution < 1.29 is 0 Å². The first-order valence-corrected chi connectivity index (χ1v) is 14.2. The molecule has 0 atom stereocenters. The second-order valence-electron chi connectivity index (χ2n) is 9.27. The number of aliphatic imine (C=N–C) groups is 4. The molecule has 0 aromatic carbocycles. The second kappa shape index (κ2) is 25.6. The monoisotopic (exact) mass is 508 g/mol. The molecular formula is C26H56N10. The van der Waals surface area contributed by atoms with E-state index in [-0.39, 0.29) is 0 Å². The zero-order valence-electron chi connectivity index (χ0n) is 23.2. The van der Waals surface area contributed by atoms with E-state index in [9.17, 15) is 0 Å². The summed E-state index contributed by atoms with van der Waals surface area (Å²) in [5.74, 6) is 1.40. The minimum atomic E-state index is 0.348. The molecule has 36 heavy (non-hydrogen) atoms. The van der Waals surface area contributed by atoms with E-state index >= 15 is 0 Å². The van der Waals surface area contributed by atoms with Gasteiger partial charge in [0.2, 0.25) is 0 Å². The second-order valence-corrected chi connectivity index (χ2v) is 9.27. The SMILES string of the molecule is CCCCCCN=C(N)NC(N)=NCCCCCCCCCCN=C(N)NC(N)=NCCCCCC. The molecule has 0 amide bonds. The van der Waals surface area contributed by atoms with Gasteiger partial charge in [0.1, 0.15) is 0 Å². The summed E-state index contributed by atoms with van der Waals surface area (Å²) in [5, 5.41) is 5.72. The Labute approximate surface area is 220 Å². The molecule has 0 aliphatic heterocycles. The van der Waals surface area contributed by atoms with Gasteiger partial charge >= 0.3 is 0 Å². The quantitative estimate of drug-likeness (QED) is 0.0781. The van der Waals surface area contributed by atoms with E-state index in [0.29, 0.717) is 36.9 Å². The third-order valence-corrected chi connectivity index (χ3v) is 5.73. The molecule has 10 nitrogen and oxygen atoms in total. The maximum Gasteiger partial charge on any atom is 0.195 e. The smallest absolute Gasteiger partial charge is 0.195 e. The number of nitrogens with zero attached hydrogens (tertiary/aromatic N) is 4. The Kier molecular flexibility index (Phi) is 23.8. The van der Waals surface area contributed by atoms with E-state index in [1.165, 1.54) is 64.2 Å². The summed E-state index contributed by atoms with van der Waals surface area (Å²) >= 11 is 0. The Bertz CT molecular complexity index is 574. The average Bonchev–Trinajstić information content (AvgIpc) is 2.84. The Morgan fingerprint density at radius 1 is 0.389 bits per heavy atom. The first kappa shape index (κ1) is 33.5. The Morgan fingerprint density at radius 3 is 0.861 bits per heavy atom. The summed E-state index contributed by atoms with van der Waals surface area (Å²) < 4.78 is 0. The molecule has 0 heterocycles. The van der Waals surface area contributed by atoms with Crippen LogP contribution >= 0.6 is 0 Å². The molecule has 0 saturated heterocycles. The molecule has 0 bridgehead atoms. The van der Waals surface area contributed by atoms with Crippen LogP contribution in [0.2, 0.25) is 0 Å². The predicted octanol–water partition coefficient (Wildman–Crippen LogP) is 3.71. The lowest BCUT2D eigenvalue weighted by Crippen LogP contribution is -2.41. The van der Waals surface area contributed by atoms with Gasteiger partial charge in [-0.3, -0.25) is 30.6 Å². The van der Waals surface area contributed by atoms with Crippen molar-refractivity contribution in [3.05, 3.63) is 0 Å². The molecule has 210 valence electrons. The number of guanidine groups is 4. The van der Waals surface area contributed by atoms with Gasteiger partial charge in [0, 0.05) is 26.2 Å². The van der Waals surface area contributed by atoms with Gasteiger partial charge in [-0.05, 0) is 25.7 Å². The number of rotatable bonds is 21. The summed E-state index contributed by atoms with van der Waals surface area (Å²) in [6.45, 7) is 7.27. The molecule has 0 unspecified atom stereocenters. The van der Waals surface area contributed by atoms with Crippen LogP contribution in [0.1, 0.15) is 117 Å². The zero-order chi connectivity index (χ0) is 26.7. The Morgan fingerprint density at radius 2 is 0.611 bits per heavy atom. The molecule has 0 fully saturated rings. The number of nitrogens with one attached hydrogen (secondary N) is 2. The van der Waals surface area contributed by atoms with E-state index in [1.54, 1.807) is 0 Å². The van der Waals surface area contributed by atoms with Crippen molar-refractivity contribution in [2.45, 2.75) is 117 Å². The van der Waals surface area contributed by atoms with Crippen LogP contribution in [0.15, 0.2) is 20.0 Å². The molecule has 0 aliphatic rings. The minimum Gasteiger partial charge on any atom is -0.370 e. The van der Waals surface area contributed by atoms with Gasteiger partial charge in [0.25, 0.3) is 0 Å². The van der Waals surface area contributed by atoms with Gasteiger partial charge in [0.05, 0.1) is 0 Å². The summed E-state index contributed by atoms with van der Waals surface area (Å²) in [6, 6.07) is 0. The fourth-order valence-corrected chi connectivity index (χ4v) is 3.58. The molecule has 0 aliphatic carbocycles. The molecule has 10 heteroatoms. The van der Waals surface area contributed by atoms with Crippen molar-refractivity contribution in [1.82, 2.24) is 10.6 Å². The fraction of sp³-hybridized carbons (Fsp3) is 0.846. The first-order valence-electron chi connectivity index (χ1n) is 14.2. The van der Waals surface area contributed by atoms with Gasteiger partial charge in [0.15, 0.2) is 23.8 Å². The molecular weight excluding hydrogens is 452 g/mol. The fourth-order valence-electron chi connectivity index (χ4n) is 3.58. The molecule has 0 aromatic heterocycles. The van der Waals surface area contributed by atoms with Crippen molar-refractivity contribution in [2.24, 2.45) is 42.9 Å². The normalized spacial score (nSPS) is 13.3. The van der Waals surface area contributed by atoms with Crippen LogP contribution < -0.4 is 33.6 Å². The highest BCUT2D eigenvalue weighted by Crippen LogP contribution is 2.08. The summed E-state index contributed by atoms with van der Waals surface area (Å²) in [7, 11) is 0. The third kappa shape index (κ3) is 24.6. The largest absolute Gasteiger partial charge is 0.370 e. The Hall–Kier alpha value is -2.52. The van der Waals surface area contributed by atoms with E-state index in [0.717, 1.165) is 51.6 Å². The van der Waals surface area contributed by atoms with Crippen molar-refractivity contribution in [3.63, 3.8) is 0 Å². The molecule has 0 spiro atoms. The van der Waals surface area contributed by atoms with Crippen molar-refractivity contribution in [2.75, 3.05) is 26.2 Å². The van der Waals surface area contributed by atoms with E-state index < -0.39 is 0 Å². The van der Waals surface area contributed by atoms with Gasteiger partial charge < -0.3 is 22.9 Å². The number of hydrogen-bond acceptors (Lipinski definition) is 4. The van der Waals surface area contributed by atoms with Gasteiger partial charge in [-0.1, -0.05) is 90.9 Å². The Balaban J connectivity index is 3.63. The zero-order valence-corrected chi connectivity index (χ0v) is 23.2. The number of nitrogens with two attached hydrogens (primary N) is 4. The molecule has 10 N–H and O–H groups in total. The molecule has 0 rings (SSSR count). The maximum absolute atomic E-state index is 5.87. The highest BCUT2D eigenvalue weighted by molar-refractivity contribution is 5.97. The highest BCUT2D eigenvalue weighted by atomic mass is 15.2. The van der Waals surface area contributed by atoms with Crippen LogP contribution in [0.5, 0.6) is 0 Å². The predicted molar refractivity (Wildman–Crippen MR) is 157 cm³/mol. The lowest BCUT2D eigenvalue weighted by Gasteiger charge is -2.05. The maximum atomic E-state index is 5.87.